The Balaban J connectivity index is 1.63. The van der Waals surface area contributed by atoms with Crippen molar-refractivity contribution >= 4 is 11.6 Å². The van der Waals surface area contributed by atoms with Crippen LogP contribution in [0, 0.1) is 5.92 Å². The fraction of sp³-hybridized carbons (Fsp3) is 0.500. The first-order valence-electron chi connectivity index (χ1n) is 11.6. The second-order valence-electron chi connectivity index (χ2n) is 8.82. The predicted octanol–water partition coefficient (Wildman–Crippen LogP) is 4.46. The number of piperidine rings is 1. The Labute approximate surface area is 187 Å². The van der Waals surface area contributed by atoms with E-state index in [9.17, 15) is 4.79 Å². The minimum atomic E-state index is -0.383. The summed E-state index contributed by atoms with van der Waals surface area (Å²) < 4.78 is 6.20. The number of benzene rings is 2. The highest BCUT2D eigenvalue weighted by atomic mass is 16.5. The van der Waals surface area contributed by atoms with Crippen LogP contribution in [0.5, 0.6) is 5.75 Å². The van der Waals surface area contributed by atoms with Crippen LogP contribution >= 0.6 is 0 Å². The molecule has 5 nitrogen and oxygen atoms in total. The Morgan fingerprint density at radius 3 is 2.39 bits per heavy atom. The molecule has 1 aliphatic heterocycles. The van der Waals surface area contributed by atoms with Crippen molar-refractivity contribution in [1.82, 2.24) is 4.90 Å². The molecular formula is C26H37N3O2. The average molecular weight is 424 g/mol. The van der Waals surface area contributed by atoms with Gasteiger partial charge in [-0.25, -0.2) is 0 Å². The van der Waals surface area contributed by atoms with E-state index in [0.717, 1.165) is 55.9 Å². The molecule has 1 unspecified atom stereocenters. The van der Waals surface area contributed by atoms with E-state index >= 15 is 0 Å². The SMILES string of the molecule is CCN(c1ccccc1OCc1ccccc1)C1CCN(C(=O)C(N)CC(C)C)CC1. The number of nitrogens with zero attached hydrogens (tertiary/aromatic N) is 2. The van der Waals surface area contributed by atoms with Crippen LogP contribution in [-0.2, 0) is 11.4 Å². The Morgan fingerprint density at radius 2 is 1.74 bits per heavy atom. The minimum Gasteiger partial charge on any atom is -0.487 e. The van der Waals surface area contributed by atoms with Gasteiger partial charge < -0.3 is 20.3 Å². The molecule has 2 aromatic carbocycles. The Hall–Kier alpha value is -2.53. The van der Waals surface area contributed by atoms with E-state index in [1.807, 2.05) is 35.2 Å². The van der Waals surface area contributed by atoms with Crippen LogP contribution in [0.15, 0.2) is 54.6 Å². The first-order chi connectivity index (χ1) is 15.0. The molecule has 3 rings (SSSR count). The molecule has 0 bridgehead atoms. The Morgan fingerprint density at radius 1 is 1.10 bits per heavy atom. The van der Waals surface area contributed by atoms with Crippen molar-refractivity contribution in [3.63, 3.8) is 0 Å². The van der Waals surface area contributed by atoms with E-state index in [2.05, 4.69) is 49.9 Å². The predicted molar refractivity (Wildman–Crippen MR) is 127 cm³/mol. The molecule has 0 aliphatic carbocycles. The lowest BCUT2D eigenvalue weighted by molar-refractivity contribution is -0.134. The summed E-state index contributed by atoms with van der Waals surface area (Å²) in [4.78, 5) is 17.1. The van der Waals surface area contributed by atoms with Gasteiger partial charge in [0.05, 0.1) is 11.7 Å². The van der Waals surface area contributed by atoms with Crippen molar-refractivity contribution in [3.8, 4) is 5.75 Å². The third-order valence-electron chi connectivity index (χ3n) is 6.01. The van der Waals surface area contributed by atoms with Crippen molar-refractivity contribution in [2.45, 2.75) is 58.7 Å². The zero-order valence-corrected chi connectivity index (χ0v) is 19.2. The lowest BCUT2D eigenvalue weighted by atomic mass is 9.99. The first kappa shape index (κ1) is 23.1. The van der Waals surface area contributed by atoms with Crippen LogP contribution in [-0.4, -0.2) is 42.5 Å². The molecule has 1 saturated heterocycles. The maximum atomic E-state index is 12.7. The highest BCUT2D eigenvalue weighted by Gasteiger charge is 2.30. The van der Waals surface area contributed by atoms with Gasteiger partial charge in [0.1, 0.15) is 12.4 Å². The largest absolute Gasteiger partial charge is 0.487 e. The van der Waals surface area contributed by atoms with Crippen LogP contribution in [0.4, 0.5) is 5.69 Å². The van der Waals surface area contributed by atoms with Crippen LogP contribution in [0.1, 0.15) is 45.6 Å². The number of ether oxygens (including phenoxy) is 1. The summed E-state index contributed by atoms with van der Waals surface area (Å²) in [5, 5.41) is 0. The maximum Gasteiger partial charge on any atom is 0.239 e. The van der Waals surface area contributed by atoms with Gasteiger partial charge >= 0.3 is 0 Å². The van der Waals surface area contributed by atoms with E-state index in [0.29, 0.717) is 18.6 Å². The van der Waals surface area contributed by atoms with Gasteiger partial charge in [-0.2, -0.15) is 0 Å². The standard InChI is InChI=1S/C26H37N3O2/c1-4-29(22-14-16-28(17-15-22)26(30)23(27)18-20(2)3)24-12-8-9-13-25(24)31-19-21-10-6-5-7-11-21/h5-13,20,22-23H,4,14-19,27H2,1-3H3. The lowest BCUT2D eigenvalue weighted by Crippen LogP contribution is -2.51. The maximum absolute atomic E-state index is 12.7. The molecule has 0 aromatic heterocycles. The molecular weight excluding hydrogens is 386 g/mol. The highest BCUT2D eigenvalue weighted by Crippen LogP contribution is 2.32. The van der Waals surface area contributed by atoms with Gasteiger partial charge in [-0.05, 0) is 49.8 Å². The fourth-order valence-corrected chi connectivity index (χ4v) is 4.42. The van der Waals surface area contributed by atoms with Gasteiger partial charge in [0.25, 0.3) is 0 Å². The average Bonchev–Trinajstić information content (AvgIpc) is 2.79. The molecule has 0 spiro atoms. The van der Waals surface area contributed by atoms with Crippen molar-refractivity contribution in [3.05, 3.63) is 60.2 Å². The van der Waals surface area contributed by atoms with Gasteiger partial charge in [-0.1, -0.05) is 56.3 Å². The summed E-state index contributed by atoms with van der Waals surface area (Å²) in [6.07, 6.45) is 2.63. The second-order valence-corrected chi connectivity index (χ2v) is 8.82. The molecule has 2 N–H and O–H groups in total. The Bertz CT molecular complexity index is 816. The summed E-state index contributed by atoms with van der Waals surface area (Å²) in [5.41, 5.74) is 8.43. The summed E-state index contributed by atoms with van der Waals surface area (Å²) in [6, 6.07) is 18.5. The summed E-state index contributed by atoms with van der Waals surface area (Å²) in [7, 11) is 0. The number of likely N-dealkylation sites (tertiary alicyclic amines) is 1. The van der Waals surface area contributed by atoms with Crippen LogP contribution in [0.25, 0.3) is 0 Å². The van der Waals surface area contributed by atoms with Crippen LogP contribution in [0.2, 0.25) is 0 Å². The number of rotatable bonds is 9. The van der Waals surface area contributed by atoms with Crippen molar-refractivity contribution in [2.24, 2.45) is 11.7 Å². The van der Waals surface area contributed by atoms with Gasteiger partial charge in [0.2, 0.25) is 5.91 Å². The van der Waals surface area contributed by atoms with Gasteiger partial charge in [0.15, 0.2) is 0 Å². The lowest BCUT2D eigenvalue weighted by Gasteiger charge is -2.40. The third kappa shape index (κ3) is 6.23. The van der Waals surface area contributed by atoms with Gasteiger partial charge in [-0.15, -0.1) is 0 Å². The fourth-order valence-electron chi connectivity index (χ4n) is 4.42. The first-order valence-corrected chi connectivity index (χ1v) is 11.6. The van der Waals surface area contributed by atoms with E-state index in [1.54, 1.807) is 0 Å². The molecule has 1 amide bonds. The Kier molecular flexibility index (Phi) is 8.35. The zero-order chi connectivity index (χ0) is 22.2. The minimum absolute atomic E-state index is 0.0989. The third-order valence-corrected chi connectivity index (χ3v) is 6.01. The smallest absolute Gasteiger partial charge is 0.239 e. The molecule has 2 aromatic rings. The van der Waals surface area contributed by atoms with Crippen molar-refractivity contribution < 1.29 is 9.53 Å². The molecule has 0 radical (unpaired) electrons. The molecule has 31 heavy (non-hydrogen) atoms. The van der Waals surface area contributed by atoms with Crippen LogP contribution in [0.3, 0.4) is 0 Å². The number of anilines is 1. The van der Waals surface area contributed by atoms with E-state index in [4.69, 9.17) is 10.5 Å². The monoisotopic (exact) mass is 423 g/mol. The summed E-state index contributed by atoms with van der Waals surface area (Å²) >= 11 is 0. The number of hydrogen-bond donors (Lipinski definition) is 1. The van der Waals surface area contributed by atoms with Crippen molar-refractivity contribution in [1.29, 1.82) is 0 Å². The van der Waals surface area contributed by atoms with Crippen LogP contribution < -0.4 is 15.4 Å². The topological polar surface area (TPSA) is 58.8 Å². The zero-order valence-electron chi connectivity index (χ0n) is 19.2. The van der Waals surface area contributed by atoms with E-state index in [1.165, 1.54) is 0 Å². The molecule has 1 heterocycles. The molecule has 1 atom stereocenters. The van der Waals surface area contributed by atoms with Crippen molar-refractivity contribution in [2.75, 3.05) is 24.5 Å². The molecule has 0 saturated carbocycles. The molecule has 1 fully saturated rings. The molecule has 1 aliphatic rings. The van der Waals surface area contributed by atoms with E-state index in [-0.39, 0.29) is 11.9 Å². The number of hydrogen-bond acceptors (Lipinski definition) is 4. The molecule has 168 valence electrons. The highest BCUT2D eigenvalue weighted by molar-refractivity contribution is 5.81. The number of carbonyl (C=O) groups is 1. The molecule has 5 heteroatoms. The normalized spacial score (nSPS) is 15.7. The number of amides is 1. The number of nitrogens with two attached hydrogens (primary N) is 1. The summed E-state index contributed by atoms with van der Waals surface area (Å²) in [6.45, 7) is 9.38. The van der Waals surface area contributed by atoms with Gasteiger partial charge in [-0.3, -0.25) is 4.79 Å². The summed E-state index contributed by atoms with van der Waals surface area (Å²) in [5.74, 6) is 1.44. The second kappa shape index (κ2) is 11.2. The van der Waals surface area contributed by atoms with Gasteiger partial charge in [0, 0.05) is 25.7 Å². The quantitative estimate of drug-likeness (QED) is 0.647. The number of carbonyl (C=O) groups excluding carboxylic acids is 1. The number of para-hydroxylation sites is 2. The van der Waals surface area contributed by atoms with E-state index < -0.39 is 0 Å².